The van der Waals surface area contributed by atoms with Crippen molar-refractivity contribution in [2.24, 2.45) is 5.92 Å². The lowest BCUT2D eigenvalue weighted by atomic mass is 9.87. The topological polar surface area (TPSA) is 66.8 Å². The van der Waals surface area contributed by atoms with E-state index in [2.05, 4.69) is 0 Å². The van der Waals surface area contributed by atoms with Gasteiger partial charge in [-0.15, -0.1) is 0 Å². The lowest BCUT2D eigenvalue weighted by Crippen LogP contribution is -2.53. The number of rotatable bonds is 3. The number of fused-ring (bicyclic) bond motifs is 2. The van der Waals surface area contributed by atoms with E-state index in [1.54, 1.807) is 0 Å². The van der Waals surface area contributed by atoms with Crippen LogP contribution in [-0.2, 0) is 9.53 Å². The van der Waals surface area contributed by atoms with Crippen LogP contribution in [0, 0.1) is 5.92 Å². The number of carbonyl (C=O) groups excluding carboxylic acids is 1. The van der Waals surface area contributed by atoms with Crippen molar-refractivity contribution in [2.75, 3.05) is 6.98 Å². The number of carboxylic acids is 1. The smallest absolute Gasteiger partial charge is 0.338 e. The molecule has 0 radical (unpaired) electrons. The zero-order valence-corrected chi connectivity index (χ0v) is 11.0. The molecule has 0 spiro atoms. The number of esters is 1. The summed E-state index contributed by atoms with van der Waals surface area (Å²) in [4.78, 5) is 25.7. The summed E-state index contributed by atoms with van der Waals surface area (Å²) in [7, 11) is 0. The highest BCUT2D eigenvalue weighted by molar-refractivity contribution is 5.89. The Hall–Kier alpha value is -1.88. The van der Waals surface area contributed by atoms with E-state index in [0.717, 1.165) is 0 Å². The van der Waals surface area contributed by atoms with Gasteiger partial charge in [0.1, 0.15) is 12.0 Å². The second-order valence-corrected chi connectivity index (χ2v) is 5.25. The van der Waals surface area contributed by atoms with Crippen LogP contribution in [0.15, 0.2) is 30.2 Å². The molecule has 0 aromatic heterocycles. The van der Waals surface area contributed by atoms with Gasteiger partial charge in [-0.25, -0.2) is 4.79 Å². The number of carbonyl (C=O) groups is 2. The van der Waals surface area contributed by atoms with Gasteiger partial charge in [0, 0.05) is 22.6 Å². The fourth-order valence-corrected chi connectivity index (χ4v) is 3.15. The van der Waals surface area contributed by atoms with Gasteiger partial charge in [0.25, 0.3) is 0 Å². The number of hydrogen-bond acceptors (Lipinski definition) is 4. The largest absolute Gasteiger partial charge is 0.481 e. The van der Waals surface area contributed by atoms with E-state index in [4.69, 9.17) is 15.7 Å². The van der Waals surface area contributed by atoms with E-state index >= 15 is 0 Å². The molecule has 2 heterocycles. The number of hydrogen-bond donors (Lipinski definition) is 1. The average Bonchev–Trinajstić information content (AvgIpc) is 2.93. The Labute approximate surface area is 134 Å². The Kier molecular flexibility index (Phi) is 1.93. The first-order valence-electron chi connectivity index (χ1n) is 10.7. The molecule has 1 aromatic carbocycles. The van der Waals surface area contributed by atoms with Crippen molar-refractivity contribution < 1.29 is 30.4 Å². The summed E-state index contributed by atoms with van der Waals surface area (Å²) >= 11 is 0. The van der Waals surface area contributed by atoms with Crippen LogP contribution < -0.4 is 0 Å². The molecule has 2 aliphatic heterocycles. The Morgan fingerprint density at radius 2 is 2.14 bits per heavy atom. The molecule has 4 atom stereocenters. The Morgan fingerprint density at radius 3 is 2.81 bits per heavy atom. The monoisotopic (exact) mass is 297 g/mol. The number of nitrogens with zero attached hydrogens (tertiary/aromatic N) is 1. The summed E-state index contributed by atoms with van der Waals surface area (Å²) < 4.78 is 66.9. The van der Waals surface area contributed by atoms with E-state index in [1.807, 2.05) is 0 Å². The summed E-state index contributed by atoms with van der Waals surface area (Å²) in [6.45, 7) is -2.48. The summed E-state index contributed by atoms with van der Waals surface area (Å²) in [5, 5.41) is 9.67. The minimum atomic E-state index is -2.48. The van der Waals surface area contributed by atoms with E-state index < -0.39 is 78.8 Å². The maximum Gasteiger partial charge on any atom is 0.338 e. The summed E-state index contributed by atoms with van der Waals surface area (Å²) in [6, 6.07) is -4.90. The quantitative estimate of drug-likeness (QED) is 0.861. The van der Waals surface area contributed by atoms with Crippen LogP contribution in [0.25, 0.3) is 0 Å². The Morgan fingerprint density at radius 1 is 1.38 bits per heavy atom. The van der Waals surface area contributed by atoms with Crippen LogP contribution >= 0.6 is 0 Å². The third kappa shape index (κ3) is 2.53. The Balaban J connectivity index is 1.93. The van der Waals surface area contributed by atoms with Crippen LogP contribution in [0.2, 0.25) is 0 Å². The maximum atomic E-state index is 12.6. The van der Waals surface area contributed by atoms with Gasteiger partial charge in [-0.05, 0) is 31.9 Å². The van der Waals surface area contributed by atoms with Crippen molar-refractivity contribution in [3.05, 3.63) is 35.8 Å². The average molecular weight is 297 g/mol. The van der Waals surface area contributed by atoms with Crippen molar-refractivity contribution >= 4 is 11.9 Å². The first-order chi connectivity index (χ1) is 13.4. The van der Waals surface area contributed by atoms with Gasteiger partial charge in [0.05, 0.1) is 12.4 Å². The molecule has 3 rings (SSSR count). The molecule has 1 N–H and O–H groups in total. The first kappa shape index (κ1) is 7.40. The van der Waals surface area contributed by atoms with Crippen LogP contribution in [0.4, 0.5) is 0 Å². The van der Waals surface area contributed by atoms with Crippen molar-refractivity contribution in [3.8, 4) is 0 Å². The van der Waals surface area contributed by atoms with Crippen molar-refractivity contribution in [1.29, 1.82) is 0 Å². The van der Waals surface area contributed by atoms with Crippen molar-refractivity contribution in [2.45, 2.75) is 37.5 Å². The van der Waals surface area contributed by atoms with Gasteiger partial charge in [-0.3, -0.25) is 9.69 Å². The minimum Gasteiger partial charge on any atom is -0.481 e. The van der Waals surface area contributed by atoms with E-state index in [1.165, 1.54) is 4.90 Å². The summed E-state index contributed by atoms with van der Waals surface area (Å²) in [6.07, 6.45) is -0.442. The number of ether oxygens (including phenoxy) is 1. The number of piperidine rings is 1. The van der Waals surface area contributed by atoms with E-state index in [-0.39, 0.29) is 6.42 Å². The molecule has 0 aliphatic carbocycles. The first-order valence-corrected chi connectivity index (χ1v) is 6.65. The van der Waals surface area contributed by atoms with E-state index in [0.29, 0.717) is 12.8 Å². The van der Waals surface area contributed by atoms with Crippen LogP contribution in [0.1, 0.15) is 40.6 Å². The molecule has 2 aliphatic rings. The molecular weight excluding hydrogens is 270 g/mol. The summed E-state index contributed by atoms with van der Waals surface area (Å²) in [5.41, 5.74) is -0.675. The fourth-order valence-electron chi connectivity index (χ4n) is 3.15. The van der Waals surface area contributed by atoms with Gasteiger partial charge in [-0.2, -0.15) is 0 Å². The highest BCUT2D eigenvalue weighted by Crippen LogP contribution is 2.39. The lowest BCUT2D eigenvalue weighted by molar-refractivity contribution is -0.152. The van der Waals surface area contributed by atoms with Gasteiger partial charge in [0.15, 0.2) is 0 Å². The Bertz CT molecular complexity index is 844. The molecule has 2 fully saturated rings. The number of carboxylic acid groups (broad SMARTS) is 1. The molecule has 0 amide bonds. The zero-order chi connectivity index (χ0) is 21.8. The highest BCUT2D eigenvalue weighted by atomic mass is 16.5. The van der Waals surface area contributed by atoms with Crippen molar-refractivity contribution in [1.82, 2.24) is 4.90 Å². The second-order valence-electron chi connectivity index (χ2n) is 5.25. The third-order valence-corrected chi connectivity index (χ3v) is 4.11. The lowest BCUT2D eigenvalue weighted by Gasteiger charge is -2.40. The molecule has 0 unspecified atom stereocenters. The second kappa shape index (κ2) is 5.48. The molecule has 0 saturated carbocycles. The van der Waals surface area contributed by atoms with Gasteiger partial charge in [0.2, 0.25) is 0 Å². The van der Waals surface area contributed by atoms with Crippen molar-refractivity contribution in [3.63, 3.8) is 0 Å². The molecule has 21 heavy (non-hydrogen) atoms. The minimum absolute atomic E-state index is 0.0315. The van der Waals surface area contributed by atoms with Gasteiger partial charge < -0.3 is 9.84 Å². The summed E-state index contributed by atoms with van der Waals surface area (Å²) in [5.74, 6) is -3.84. The maximum absolute atomic E-state index is 12.6. The van der Waals surface area contributed by atoms with Crippen LogP contribution in [0.5, 0.6) is 0 Å². The SMILES string of the molecule is [2H]c1c([2H])c([2H])c(C(=O)O[C@H]2C[C@@H]3CC[C@H]([C@H]2C(=O)O)N3C([2H])([2H])[2H])c([2H])c1[2H]. The molecule has 2 saturated heterocycles. The van der Waals surface area contributed by atoms with Crippen LogP contribution in [-0.4, -0.2) is 47.1 Å². The fraction of sp³-hybridized carbons (Fsp3) is 0.500. The third-order valence-electron chi connectivity index (χ3n) is 4.11. The standard InChI is InChI=1S/C16H19NO4/c1-17-11-7-8-12(17)14(15(18)19)13(9-11)21-16(20)10-5-3-2-4-6-10/h2-6,11-14H,7-9H2,1H3,(H,18,19)/t11-,12+,13-,14+/m0/s1/i1D3,2D,3D,4D,5D,6D. The highest BCUT2D eigenvalue weighted by Gasteiger charge is 2.50. The normalized spacial score (nSPS) is 37.9. The molecule has 112 valence electrons. The molecule has 5 nitrogen and oxygen atoms in total. The molecule has 1 aromatic rings. The predicted octanol–water partition coefficient (Wildman–Crippen LogP) is 1.78. The molecule has 5 heteroatoms. The number of benzene rings is 1. The van der Waals surface area contributed by atoms with E-state index in [9.17, 15) is 14.7 Å². The molecule has 2 bridgehead atoms. The molecular formula is C16H19NO4. The van der Waals surface area contributed by atoms with Gasteiger partial charge >= 0.3 is 11.9 Å². The van der Waals surface area contributed by atoms with Crippen LogP contribution in [0.3, 0.4) is 0 Å². The zero-order valence-electron chi connectivity index (χ0n) is 19.0. The van der Waals surface area contributed by atoms with Gasteiger partial charge in [-0.1, -0.05) is 18.1 Å². The number of aliphatic carboxylic acids is 1. The predicted molar refractivity (Wildman–Crippen MR) is 76.0 cm³/mol.